The highest BCUT2D eigenvalue weighted by Crippen LogP contribution is 2.49. The van der Waals surface area contributed by atoms with Gasteiger partial charge in [-0.2, -0.15) is 5.26 Å². The van der Waals surface area contributed by atoms with E-state index in [2.05, 4.69) is 16.4 Å². The predicted molar refractivity (Wildman–Crippen MR) is 113 cm³/mol. The molecule has 2 saturated heterocycles. The molecule has 160 valence electrons. The molecule has 0 unspecified atom stereocenters. The third kappa shape index (κ3) is 2.94. The molecule has 8 heteroatoms. The van der Waals surface area contributed by atoms with Crippen molar-refractivity contribution in [3.05, 3.63) is 45.4 Å². The Balaban J connectivity index is 1.18. The van der Waals surface area contributed by atoms with Crippen LogP contribution in [0.5, 0.6) is 0 Å². The predicted octanol–water partition coefficient (Wildman–Crippen LogP) is 2.64. The van der Waals surface area contributed by atoms with Gasteiger partial charge in [0.25, 0.3) is 5.91 Å². The summed E-state index contributed by atoms with van der Waals surface area (Å²) in [4.78, 5) is 34.6. The number of hydrogen-bond donors (Lipinski definition) is 1. The molecule has 6 rings (SSSR count). The number of nitrogens with zero attached hydrogens (tertiary/aromatic N) is 3. The average molecular weight is 437 g/mol. The molecule has 0 bridgehead atoms. The summed E-state index contributed by atoms with van der Waals surface area (Å²) >= 11 is 1.77. The summed E-state index contributed by atoms with van der Waals surface area (Å²) in [5, 5.41) is 11.2. The molecular weight excluding hydrogens is 412 g/mol. The van der Waals surface area contributed by atoms with Crippen LogP contribution in [-0.2, 0) is 21.6 Å². The highest BCUT2D eigenvalue weighted by atomic mass is 32.1. The van der Waals surface area contributed by atoms with Crippen molar-refractivity contribution in [3.8, 4) is 6.07 Å². The number of ether oxygens (including phenoxy) is 1. The Morgan fingerprint density at radius 3 is 2.90 bits per heavy atom. The largest absolute Gasteiger partial charge is 0.369 e. The maximum Gasteiger partial charge on any atom is 0.271 e. The van der Waals surface area contributed by atoms with Gasteiger partial charge in [-0.1, -0.05) is 0 Å². The van der Waals surface area contributed by atoms with Crippen molar-refractivity contribution in [1.82, 2.24) is 14.8 Å². The van der Waals surface area contributed by atoms with E-state index in [0.717, 1.165) is 38.7 Å². The van der Waals surface area contributed by atoms with Gasteiger partial charge in [0, 0.05) is 30.2 Å². The molecule has 3 aliphatic heterocycles. The Bertz CT molecular complexity index is 1090. The van der Waals surface area contributed by atoms with Gasteiger partial charge in [-0.05, 0) is 61.1 Å². The van der Waals surface area contributed by atoms with Crippen molar-refractivity contribution in [3.63, 3.8) is 0 Å². The van der Waals surface area contributed by atoms with E-state index in [1.165, 1.54) is 16.6 Å². The maximum atomic E-state index is 13.5. The number of fused-ring (bicyclic) bond motifs is 3. The van der Waals surface area contributed by atoms with Crippen molar-refractivity contribution in [2.75, 3.05) is 19.7 Å². The van der Waals surface area contributed by atoms with Crippen LogP contribution in [0.25, 0.3) is 0 Å². The summed E-state index contributed by atoms with van der Waals surface area (Å²) < 4.78 is 6.28. The minimum atomic E-state index is -0.399. The van der Waals surface area contributed by atoms with E-state index in [1.54, 1.807) is 22.3 Å². The van der Waals surface area contributed by atoms with E-state index in [0.29, 0.717) is 30.3 Å². The molecule has 4 aliphatic rings. The van der Waals surface area contributed by atoms with Gasteiger partial charge in [0.1, 0.15) is 23.4 Å². The Morgan fingerprint density at radius 2 is 2.13 bits per heavy atom. The van der Waals surface area contributed by atoms with Gasteiger partial charge in [-0.25, -0.2) is 0 Å². The molecule has 1 spiro atoms. The lowest BCUT2D eigenvalue weighted by atomic mass is 9.85. The Hall–Kier alpha value is -2.63. The monoisotopic (exact) mass is 436 g/mol. The number of carbonyl (C=O) groups excluding carboxylic acids is 2. The number of nitriles is 1. The van der Waals surface area contributed by atoms with Crippen LogP contribution in [0.2, 0.25) is 0 Å². The Labute approximate surface area is 184 Å². The van der Waals surface area contributed by atoms with Gasteiger partial charge >= 0.3 is 0 Å². The number of aromatic amines is 1. The lowest BCUT2D eigenvalue weighted by molar-refractivity contribution is -0.144. The first-order valence-electron chi connectivity index (χ1n) is 11.0. The molecule has 0 radical (unpaired) electrons. The molecule has 3 fully saturated rings. The van der Waals surface area contributed by atoms with Crippen LogP contribution in [0.1, 0.15) is 52.2 Å². The molecule has 5 heterocycles. The summed E-state index contributed by atoms with van der Waals surface area (Å²) in [6.45, 7) is 2.06. The lowest BCUT2D eigenvalue weighted by Crippen LogP contribution is -2.54. The first kappa shape index (κ1) is 19.1. The number of carbonyl (C=O) groups is 2. The van der Waals surface area contributed by atoms with Crippen LogP contribution in [0, 0.1) is 17.2 Å². The number of hydrogen-bond acceptors (Lipinski definition) is 5. The van der Waals surface area contributed by atoms with Crippen LogP contribution >= 0.6 is 11.3 Å². The number of rotatable bonds is 2. The quantitative estimate of drug-likeness (QED) is 0.784. The van der Waals surface area contributed by atoms with Crippen molar-refractivity contribution < 1.29 is 14.3 Å². The van der Waals surface area contributed by atoms with E-state index in [1.807, 2.05) is 11.0 Å². The fourth-order valence-corrected chi connectivity index (χ4v) is 6.88. The summed E-state index contributed by atoms with van der Waals surface area (Å²) in [6, 6.07) is 5.58. The average Bonchev–Trinajstić information content (AvgIpc) is 3.21. The second-order valence-corrected chi connectivity index (χ2v) is 10.1. The van der Waals surface area contributed by atoms with Crippen LogP contribution in [0.15, 0.2) is 23.7 Å². The molecule has 0 aromatic carbocycles. The topological polar surface area (TPSA) is 89.4 Å². The first-order valence-corrected chi connectivity index (χ1v) is 11.9. The summed E-state index contributed by atoms with van der Waals surface area (Å²) in [5.41, 5.74) is 1.97. The molecule has 2 amide bonds. The zero-order valence-electron chi connectivity index (χ0n) is 17.2. The molecule has 1 saturated carbocycles. The molecule has 2 aromatic heterocycles. The van der Waals surface area contributed by atoms with Crippen molar-refractivity contribution in [1.29, 1.82) is 5.26 Å². The summed E-state index contributed by atoms with van der Waals surface area (Å²) in [5.74, 6) is 0.316. The maximum absolute atomic E-state index is 13.5. The number of piperidine rings is 2. The fourth-order valence-electron chi connectivity index (χ4n) is 5.72. The number of amides is 2. The molecule has 7 nitrogen and oxygen atoms in total. The van der Waals surface area contributed by atoms with Crippen LogP contribution in [-0.4, -0.2) is 58.4 Å². The van der Waals surface area contributed by atoms with E-state index in [4.69, 9.17) is 10.00 Å². The smallest absolute Gasteiger partial charge is 0.271 e. The number of likely N-dealkylation sites (tertiary alicyclic amines) is 2. The molecule has 1 N–H and O–H groups in total. The number of H-pyrrole nitrogens is 1. The summed E-state index contributed by atoms with van der Waals surface area (Å²) in [7, 11) is 0. The van der Waals surface area contributed by atoms with Gasteiger partial charge in [0.05, 0.1) is 12.2 Å². The highest BCUT2D eigenvalue weighted by molar-refractivity contribution is 7.10. The third-order valence-electron chi connectivity index (χ3n) is 7.46. The number of nitrogens with one attached hydrogen (secondary N) is 1. The SMILES string of the molecule is N#Cc1c[nH]c(C(=O)N2[C@H](C(=O)N3CCC4(CC3)OCCc3ccsc34)C[C@@H]3C[C@@H]32)c1. The standard InChI is InChI=1S/C23H24N4O3S/c24-12-14-9-17(25-13-14)21(28)27-18-10-16(18)11-19(27)22(29)26-5-3-23(4-6-26)20-15(1-7-30-23)2-8-31-20/h2,8-9,13,16,18-19,25H,1,3-7,10-11H2/t16-,18-,19-/m0/s1. The van der Waals surface area contributed by atoms with Gasteiger partial charge in [-0.3, -0.25) is 9.59 Å². The van der Waals surface area contributed by atoms with Gasteiger partial charge < -0.3 is 19.5 Å². The fraction of sp³-hybridized carbons (Fsp3) is 0.522. The molecule has 1 aliphatic carbocycles. The second-order valence-electron chi connectivity index (χ2n) is 9.13. The first-order chi connectivity index (χ1) is 15.1. The second kappa shape index (κ2) is 6.94. The van der Waals surface area contributed by atoms with Gasteiger partial charge in [-0.15, -0.1) is 11.3 Å². The molecule has 3 atom stereocenters. The van der Waals surface area contributed by atoms with Gasteiger partial charge in [0.15, 0.2) is 0 Å². The van der Waals surface area contributed by atoms with E-state index >= 15 is 0 Å². The van der Waals surface area contributed by atoms with E-state index < -0.39 is 6.04 Å². The third-order valence-corrected chi connectivity index (χ3v) is 8.60. The van der Waals surface area contributed by atoms with E-state index in [-0.39, 0.29) is 23.5 Å². The van der Waals surface area contributed by atoms with Crippen molar-refractivity contribution in [2.24, 2.45) is 5.92 Å². The Kier molecular flexibility index (Phi) is 4.27. The van der Waals surface area contributed by atoms with Crippen molar-refractivity contribution >= 4 is 23.2 Å². The van der Waals surface area contributed by atoms with Crippen molar-refractivity contribution in [2.45, 2.75) is 49.8 Å². The van der Waals surface area contributed by atoms with E-state index in [9.17, 15) is 9.59 Å². The zero-order chi connectivity index (χ0) is 21.2. The lowest BCUT2D eigenvalue weighted by Gasteiger charge is -2.44. The van der Waals surface area contributed by atoms with Gasteiger partial charge in [0.2, 0.25) is 5.91 Å². The Morgan fingerprint density at radius 1 is 1.29 bits per heavy atom. The minimum absolute atomic E-state index is 0.0599. The van der Waals surface area contributed by atoms with Crippen LogP contribution in [0.3, 0.4) is 0 Å². The minimum Gasteiger partial charge on any atom is -0.369 e. The zero-order valence-corrected chi connectivity index (χ0v) is 18.0. The molecular formula is C23H24N4O3S. The number of aromatic nitrogens is 1. The normalized spacial score (nSPS) is 28.2. The highest BCUT2D eigenvalue weighted by Gasteiger charge is 2.57. The molecule has 2 aromatic rings. The molecule has 31 heavy (non-hydrogen) atoms. The summed E-state index contributed by atoms with van der Waals surface area (Å²) in [6.07, 6.45) is 5.84. The number of thiophene rings is 1. The van der Waals surface area contributed by atoms with Crippen LogP contribution < -0.4 is 0 Å². The van der Waals surface area contributed by atoms with Crippen LogP contribution in [0.4, 0.5) is 0 Å².